The molecule has 0 spiro atoms. The van der Waals surface area contributed by atoms with Gasteiger partial charge in [-0.1, -0.05) is 6.08 Å². The molecular formula is C12H11N3O4. The summed E-state index contributed by atoms with van der Waals surface area (Å²) in [6, 6.07) is 4.45. The van der Waals surface area contributed by atoms with Crippen LogP contribution in [0.3, 0.4) is 0 Å². The number of non-ortho nitro benzene ring substituents is 1. The summed E-state index contributed by atoms with van der Waals surface area (Å²) in [5.74, 6) is -0.341. The zero-order valence-electron chi connectivity index (χ0n) is 10.1. The average molecular weight is 261 g/mol. The maximum absolute atomic E-state index is 10.9. The second-order valence-electron chi connectivity index (χ2n) is 3.78. The van der Waals surface area contributed by atoms with Gasteiger partial charge in [0.2, 0.25) is 0 Å². The highest BCUT2D eigenvalue weighted by Gasteiger charge is 2.09. The molecule has 0 bridgehead atoms. The number of hydrogen-bond acceptors (Lipinski definition) is 5. The third kappa shape index (κ3) is 2.76. The van der Waals surface area contributed by atoms with Crippen molar-refractivity contribution in [1.82, 2.24) is 10.2 Å². The highest BCUT2D eigenvalue weighted by molar-refractivity contribution is 5.88. The summed E-state index contributed by atoms with van der Waals surface area (Å²) in [6.45, 7) is 0. The number of methoxy groups -OCH3 is 1. The van der Waals surface area contributed by atoms with Crippen LogP contribution in [0.15, 0.2) is 24.3 Å². The molecule has 0 amide bonds. The monoisotopic (exact) mass is 261 g/mol. The van der Waals surface area contributed by atoms with Crippen LogP contribution in [-0.2, 0) is 9.53 Å². The SMILES string of the molecule is COC(=O)CC=Cc1n[nH]c2cc([N+](=O)[O-])ccc12. The van der Waals surface area contributed by atoms with Gasteiger partial charge in [0, 0.05) is 17.5 Å². The summed E-state index contributed by atoms with van der Waals surface area (Å²) in [6.07, 6.45) is 3.45. The lowest BCUT2D eigenvalue weighted by atomic mass is 10.2. The van der Waals surface area contributed by atoms with Crippen molar-refractivity contribution < 1.29 is 14.5 Å². The minimum Gasteiger partial charge on any atom is -0.469 e. The van der Waals surface area contributed by atoms with Crippen molar-refractivity contribution in [2.24, 2.45) is 0 Å². The maximum Gasteiger partial charge on any atom is 0.309 e. The molecule has 1 aromatic carbocycles. The molecule has 0 saturated heterocycles. The van der Waals surface area contributed by atoms with E-state index in [1.807, 2.05) is 0 Å². The van der Waals surface area contributed by atoms with Crippen LogP contribution in [-0.4, -0.2) is 28.2 Å². The second kappa shape index (κ2) is 5.30. The molecule has 7 nitrogen and oxygen atoms in total. The van der Waals surface area contributed by atoms with Crippen LogP contribution >= 0.6 is 0 Å². The Hall–Kier alpha value is -2.70. The van der Waals surface area contributed by atoms with Crippen molar-refractivity contribution in [3.8, 4) is 0 Å². The molecule has 1 N–H and O–H groups in total. The first-order valence-corrected chi connectivity index (χ1v) is 5.47. The molecule has 0 unspecified atom stereocenters. The number of aromatic nitrogens is 2. The van der Waals surface area contributed by atoms with Crippen molar-refractivity contribution in [2.45, 2.75) is 6.42 Å². The number of nitrogens with zero attached hydrogens (tertiary/aromatic N) is 2. The number of carbonyl (C=O) groups excluding carboxylic acids is 1. The van der Waals surface area contributed by atoms with Gasteiger partial charge in [0.1, 0.15) is 0 Å². The van der Waals surface area contributed by atoms with Crippen molar-refractivity contribution in [3.05, 3.63) is 40.1 Å². The fourth-order valence-corrected chi connectivity index (χ4v) is 1.62. The lowest BCUT2D eigenvalue weighted by Gasteiger charge is -1.93. The molecule has 0 aliphatic carbocycles. The molecular weight excluding hydrogens is 250 g/mol. The second-order valence-corrected chi connectivity index (χ2v) is 3.78. The standard InChI is InChI=1S/C12H11N3O4/c1-19-12(16)4-2-3-10-9-6-5-8(15(17)18)7-11(9)14-13-10/h2-3,5-7H,4H2,1H3,(H,13,14). The number of nitro groups is 1. The zero-order valence-corrected chi connectivity index (χ0v) is 10.1. The van der Waals surface area contributed by atoms with Crippen LogP contribution < -0.4 is 0 Å². The Labute approximate surface area is 108 Å². The van der Waals surface area contributed by atoms with E-state index in [0.717, 1.165) is 5.39 Å². The number of carbonyl (C=O) groups is 1. The van der Waals surface area contributed by atoms with Gasteiger partial charge in [0.15, 0.2) is 0 Å². The van der Waals surface area contributed by atoms with E-state index in [-0.39, 0.29) is 18.1 Å². The highest BCUT2D eigenvalue weighted by Crippen LogP contribution is 2.22. The fourth-order valence-electron chi connectivity index (χ4n) is 1.62. The number of esters is 1. The van der Waals surface area contributed by atoms with Gasteiger partial charge >= 0.3 is 5.97 Å². The molecule has 19 heavy (non-hydrogen) atoms. The smallest absolute Gasteiger partial charge is 0.309 e. The number of benzene rings is 1. The lowest BCUT2D eigenvalue weighted by molar-refractivity contribution is -0.384. The third-order valence-corrected chi connectivity index (χ3v) is 2.57. The van der Waals surface area contributed by atoms with Crippen LogP contribution in [0.1, 0.15) is 12.1 Å². The third-order valence-electron chi connectivity index (χ3n) is 2.57. The minimum absolute atomic E-state index is 0.00115. The van der Waals surface area contributed by atoms with Crippen molar-refractivity contribution in [2.75, 3.05) is 7.11 Å². The van der Waals surface area contributed by atoms with Gasteiger partial charge < -0.3 is 4.74 Å². The Morgan fingerprint density at radius 2 is 2.37 bits per heavy atom. The molecule has 0 aliphatic heterocycles. The zero-order chi connectivity index (χ0) is 13.8. The molecule has 0 aliphatic rings. The largest absolute Gasteiger partial charge is 0.469 e. The van der Waals surface area contributed by atoms with E-state index in [1.54, 1.807) is 18.2 Å². The van der Waals surface area contributed by atoms with Gasteiger partial charge in [-0.2, -0.15) is 5.10 Å². The number of nitro benzene ring substituents is 1. The molecule has 98 valence electrons. The van der Waals surface area contributed by atoms with E-state index in [4.69, 9.17) is 0 Å². The Morgan fingerprint density at radius 3 is 3.05 bits per heavy atom. The van der Waals surface area contributed by atoms with Gasteiger partial charge in [-0.15, -0.1) is 0 Å². The summed E-state index contributed by atoms with van der Waals surface area (Å²) < 4.78 is 4.51. The van der Waals surface area contributed by atoms with Crippen molar-refractivity contribution in [1.29, 1.82) is 0 Å². The van der Waals surface area contributed by atoms with Crippen LogP contribution in [0.2, 0.25) is 0 Å². The predicted octanol–water partition coefficient (Wildman–Crippen LogP) is 2.05. The summed E-state index contributed by atoms with van der Waals surface area (Å²) in [5.41, 5.74) is 1.20. The van der Waals surface area contributed by atoms with Crippen LogP contribution in [0.5, 0.6) is 0 Å². The summed E-state index contributed by atoms with van der Waals surface area (Å²) in [7, 11) is 1.32. The number of hydrogen-bond donors (Lipinski definition) is 1. The van der Waals surface area contributed by atoms with Gasteiger partial charge in [0.25, 0.3) is 5.69 Å². The number of nitrogens with one attached hydrogen (secondary N) is 1. The summed E-state index contributed by atoms with van der Waals surface area (Å²) >= 11 is 0. The first-order valence-electron chi connectivity index (χ1n) is 5.47. The Bertz CT molecular complexity index is 660. The number of ether oxygens (including phenoxy) is 1. The molecule has 0 fully saturated rings. The summed E-state index contributed by atoms with van der Waals surface area (Å²) in [4.78, 5) is 21.1. The Balaban J connectivity index is 2.26. The first kappa shape index (κ1) is 12.7. The fraction of sp³-hybridized carbons (Fsp3) is 0.167. The van der Waals surface area contributed by atoms with Gasteiger partial charge in [-0.05, 0) is 12.1 Å². The van der Waals surface area contributed by atoms with Gasteiger partial charge in [-0.3, -0.25) is 20.0 Å². The van der Waals surface area contributed by atoms with E-state index in [9.17, 15) is 14.9 Å². The molecule has 7 heteroatoms. The number of aromatic amines is 1. The molecule has 0 atom stereocenters. The number of H-pyrrole nitrogens is 1. The molecule has 1 heterocycles. The van der Waals surface area contributed by atoms with Crippen LogP contribution in [0.4, 0.5) is 5.69 Å². The normalized spacial score (nSPS) is 11.0. The lowest BCUT2D eigenvalue weighted by Crippen LogP contribution is -1.96. The summed E-state index contributed by atoms with van der Waals surface area (Å²) in [5, 5.41) is 18.1. The Morgan fingerprint density at radius 1 is 1.58 bits per heavy atom. The van der Waals surface area contributed by atoms with Gasteiger partial charge in [-0.25, -0.2) is 0 Å². The maximum atomic E-state index is 10.9. The molecule has 2 rings (SSSR count). The van der Waals surface area contributed by atoms with Crippen LogP contribution in [0.25, 0.3) is 17.0 Å². The highest BCUT2D eigenvalue weighted by atomic mass is 16.6. The van der Waals surface area contributed by atoms with Crippen LogP contribution in [0, 0.1) is 10.1 Å². The van der Waals surface area contributed by atoms with Crippen molar-refractivity contribution >= 4 is 28.6 Å². The molecule has 0 saturated carbocycles. The van der Waals surface area contributed by atoms with E-state index >= 15 is 0 Å². The Kier molecular flexibility index (Phi) is 3.56. The minimum atomic E-state index is -0.465. The van der Waals surface area contributed by atoms with Gasteiger partial charge in [0.05, 0.1) is 29.7 Å². The first-order chi connectivity index (χ1) is 9.11. The predicted molar refractivity (Wildman–Crippen MR) is 68.4 cm³/mol. The van der Waals surface area contributed by atoms with E-state index in [1.165, 1.54) is 19.2 Å². The van der Waals surface area contributed by atoms with E-state index < -0.39 is 4.92 Å². The molecule has 1 aromatic heterocycles. The topological polar surface area (TPSA) is 98.1 Å². The molecule has 0 radical (unpaired) electrons. The quantitative estimate of drug-likeness (QED) is 0.516. The van der Waals surface area contributed by atoms with Crippen molar-refractivity contribution in [3.63, 3.8) is 0 Å². The number of fused-ring (bicyclic) bond motifs is 1. The number of rotatable bonds is 4. The van der Waals surface area contributed by atoms with E-state index in [2.05, 4.69) is 14.9 Å². The van der Waals surface area contributed by atoms with E-state index in [0.29, 0.717) is 11.2 Å². The average Bonchev–Trinajstić information content (AvgIpc) is 2.81. The molecule has 2 aromatic rings.